The largest absolute Gasteiger partial charge is 0.379 e. The smallest absolute Gasteiger partial charge is 0.243 e. The average molecular weight is 522 g/mol. The number of aryl methyl sites for hydroxylation is 2. The predicted molar refractivity (Wildman–Crippen MR) is 142 cm³/mol. The third-order valence-corrected chi connectivity index (χ3v) is 8.82. The summed E-state index contributed by atoms with van der Waals surface area (Å²) in [6.45, 7) is 5.74. The quantitative estimate of drug-likeness (QED) is 0.384. The molecule has 0 bridgehead atoms. The van der Waals surface area contributed by atoms with Crippen molar-refractivity contribution in [1.29, 1.82) is 0 Å². The number of ether oxygens (including phenoxy) is 1. The lowest BCUT2D eigenvalue weighted by Crippen LogP contribution is -2.40. The maximum absolute atomic E-state index is 12.9. The number of aromatic nitrogens is 2. The minimum absolute atomic E-state index is 0.253. The molecule has 0 spiro atoms. The number of rotatable bonds is 6. The van der Waals surface area contributed by atoms with Crippen molar-refractivity contribution in [3.05, 3.63) is 87.8 Å². The van der Waals surface area contributed by atoms with Gasteiger partial charge in [0.25, 0.3) is 0 Å². The summed E-state index contributed by atoms with van der Waals surface area (Å²) in [5, 5.41) is 6.75. The lowest BCUT2D eigenvalue weighted by molar-refractivity contribution is 0.0730. The second kappa shape index (κ2) is 10.4. The molecule has 1 aliphatic heterocycles. The molecule has 1 N–H and O–H groups in total. The number of sulfonamides is 1. The fraction of sp³-hybridized carbons (Fsp3) is 0.231. The zero-order valence-corrected chi connectivity index (χ0v) is 21.7. The Hall–Kier alpha value is -3.31. The maximum atomic E-state index is 12.9. The minimum Gasteiger partial charge on any atom is -0.379 e. The van der Waals surface area contributed by atoms with E-state index in [4.69, 9.17) is 14.8 Å². The van der Waals surface area contributed by atoms with E-state index in [1.165, 1.54) is 26.8 Å². The molecule has 186 valence electrons. The van der Waals surface area contributed by atoms with Gasteiger partial charge in [-0.05, 0) is 67.4 Å². The Morgan fingerprint density at radius 2 is 1.81 bits per heavy atom. The molecule has 0 atom stereocenters. The Morgan fingerprint density at radius 1 is 1.03 bits per heavy atom. The Balaban J connectivity index is 1.52. The van der Waals surface area contributed by atoms with E-state index in [1.807, 2.05) is 28.4 Å². The molecule has 2 aromatic carbocycles. The second-order valence-electron chi connectivity index (χ2n) is 8.51. The van der Waals surface area contributed by atoms with E-state index in [1.54, 1.807) is 30.5 Å². The molecule has 4 aromatic rings. The van der Waals surface area contributed by atoms with Crippen LogP contribution in [0.25, 0.3) is 11.3 Å². The SMILES string of the molecule is Cc1ccc(-c2csc(=Nc3ccc(S(=O)(=O)N4CCOCC4)cc3)n2N=Cc2ccc[nH]2)cc1C. The Bertz CT molecular complexity index is 1540. The number of benzene rings is 2. The standard InChI is InChI=1S/C26H27N5O3S2/c1-19-5-6-21(16-20(19)2)25-18-35-26(31(25)28-17-23-4-3-11-27-23)29-22-7-9-24(10-8-22)36(32,33)30-12-14-34-15-13-30/h3-11,16-18,27H,12-15H2,1-2H3. The van der Waals surface area contributed by atoms with Gasteiger partial charge in [0.05, 0.1) is 41.4 Å². The zero-order chi connectivity index (χ0) is 25.1. The van der Waals surface area contributed by atoms with Crippen LogP contribution in [0.15, 0.2) is 81.2 Å². The lowest BCUT2D eigenvalue weighted by Gasteiger charge is -2.26. The van der Waals surface area contributed by atoms with Gasteiger partial charge in [0.2, 0.25) is 14.8 Å². The van der Waals surface area contributed by atoms with Crippen LogP contribution in [0, 0.1) is 13.8 Å². The molecule has 3 heterocycles. The molecule has 1 saturated heterocycles. The molecule has 0 aliphatic carbocycles. The molecule has 1 aliphatic rings. The van der Waals surface area contributed by atoms with E-state index in [0.717, 1.165) is 17.0 Å². The van der Waals surface area contributed by atoms with Crippen LogP contribution in [0.2, 0.25) is 0 Å². The Kier molecular flexibility index (Phi) is 7.01. The van der Waals surface area contributed by atoms with Gasteiger partial charge in [0.15, 0.2) is 0 Å². The molecule has 0 unspecified atom stereocenters. The van der Waals surface area contributed by atoms with Gasteiger partial charge in [-0.1, -0.05) is 12.1 Å². The highest BCUT2D eigenvalue weighted by Gasteiger charge is 2.26. The molecule has 8 nitrogen and oxygen atoms in total. The van der Waals surface area contributed by atoms with Gasteiger partial charge in [-0.3, -0.25) is 0 Å². The summed E-state index contributed by atoms with van der Waals surface area (Å²) in [6, 6.07) is 16.9. The van der Waals surface area contributed by atoms with Crippen molar-refractivity contribution in [3.63, 3.8) is 0 Å². The fourth-order valence-electron chi connectivity index (χ4n) is 3.87. The van der Waals surface area contributed by atoms with Crippen LogP contribution < -0.4 is 4.80 Å². The third-order valence-electron chi connectivity index (χ3n) is 6.09. The van der Waals surface area contributed by atoms with Gasteiger partial charge < -0.3 is 9.72 Å². The summed E-state index contributed by atoms with van der Waals surface area (Å²) in [4.78, 5) is 8.85. The van der Waals surface area contributed by atoms with Gasteiger partial charge in [0, 0.05) is 30.2 Å². The first kappa shape index (κ1) is 24.4. The molecule has 1 fully saturated rings. The Morgan fingerprint density at radius 3 is 2.50 bits per heavy atom. The fourth-order valence-corrected chi connectivity index (χ4v) is 6.14. The summed E-state index contributed by atoms with van der Waals surface area (Å²) >= 11 is 1.48. The Labute approximate surface area is 214 Å². The van der Waals surface area contributed by atoms with Gasteiger partial charge in [-0.25, -0.2) is 18.1 Å². The number of H-pyrrole nitrogens is 1. The van der Waals surface area contributed by atoms with Crippen LogP contribution in [0.5, 0.6) is 0 Å². The zero-order valence-electron chi connectivity index (χ0n) is 20.1. The molecule has 0 amide bonds. The van der Waals surface area contributed by atoms with E-state index in [2.05, 4.69) is 37.0 Å². The maximum Gasteiger partial charge on any atom is 0.243 e. The van der Waals surface area contributed by atoms with Crippen molar-refractivity contribution in [1.82, 2.24) is 14.0 Å². The molecule has 10 heteroatoms. The first-order valence-corrected chi connectivity index (χ1v) is 13.9. The monoisotopic (exact) mass is 521 g/mol. The predicted octanol–water partition coefficient (Wildman–Crippen LogP) is 4.30. The van der Waals surface area contributed by atoms with Crippen molar-refractivity contribution in [3.8, 4) is 11.3 Å². The molecule has 0 radical (unpaired) electrons. The van der Waals surface area contributed by atoms with Crippen LogP contribution in [-0.4, -0.2) is 54.9 Å². The van der Waals surface area contributed by atoms with Crippen LogP contribution in [0.1, 0.15) is 16.8 Å². The first-order chi connectivity index (χ1) is 17.4. The normalized spacial score (nSPS) is 15.7. The topological polar surface area (TPSA) is 92.0 Å². The average Bonchev–Trinajstić information content (AvgIpc) is 3.55. The molecule has 0 saturated carbocycles. The van der Waals surface area contributed by atoms with Crippen LogP contribution in [0.3, 0.4) is 0 Å². The van der Waals surface area contributed by atoms with Gasteiger partial charge in [-0.2, -0.15) is 9.41 Å². The number of thiazole rings is 1. The van der Waals surface area contributed by atoms with E-state index >= 15 is 0 Å². The number of hydrogen-bond donors (Lipinski definition) is 1. The van der Waals surface area contributed by atoms with Crippen molar-refractivity contribution in [2.75, 3.05) is 26.3 Å². The van der Waals surface area contributed by atoms with E-state index < -0.39 is 10.0 Å². The van der Waals surface area contributed by atoms with Crippen molar-refractivity contribution >= 4 is 33.3 Å². The second-order valence-corrected chi connectivity index (χ2v) is 11.3. The minimum atomic E-state index is -3.55. The third kappa shape index (κ3) is 5.12. The summed E-state index contributed by atoms with van der Waals surface area (Å²) in [7, 11) is -3.55. The number of aromatic amines is 1. The van der Waals surface area contributed by atoms with Crippen molar-refractivity contribution in [2.24, 2.45) is 10.1 Å². The summed E-state index contributed by atoms with van der Waals surface area (Å²) in [6.07, 6.45) is 3.61. The van der Waals surface area contributed by atoms with E-state index in [9.17, 15) is 8.42 Å². The number of hydrogen-bond acceptors (Lipinski definition) is 6. The van der Waals surface area contributed by atoms with E-state index in [0.29, 0.717) is 36.8 Å². The highest BCUT2D eigenvalue weighted by molar-refractivity contribution is 7.89. The summed E-state index contributed by atoms with van der Waals surface area (Å²) in [5.41, 5.74) is 5.93. The summed E-state index contributed by atoms with van der Waals surface area (Å²) < 4.78 is 34.4. The number of morpholine rings is 1. The molecule has 2 aromatic heterocycles. The number of nitrogens with one attached hydrogen (secondary N) is 1. The van der Waals surface area contributed by atoms with Crippen molar-refractivity contribution < 1.29 is 13.2 Å². The van der Waals surface area contributed by atoms with Crippen LogP contribution in [-0.2, 0) is 14.8 Å². The first-order valence-electron chi connectivity index (χ1n) is 11.6. The van der Waals surface area contributed by atoms with E-state index in [-0.39, 0.29) is 4.90 Å². The van der Waals surface area contributed by atoms with Crippen LogP contribution >= 0.6 is 11.3 Å². The highest BCUT2D eigenvalue weighted by atomic mass is 32.2. The van der Waals surface area contributed by atoms with Crippen molar-refractivity contribution in [2.45, 2.75) is 18.7 Å². The van der Waals surface area contributed by atoms with Crippen LogP contribution in [0.4, 0.5) is 5.69 Å². The summed E-state index contributed by atoms with van der Waals surface area (Å²) in [5.74, 6) is 0. The van der Waals surface area contributed by atoms with Gasteiger partial charge in [0.1, 0.15) is 0 Å². The molecular formula is C26H27N5O3S2. The number of nitrogens with zero attached hydrogens (tertiary/aromatic N) is 4. The molecule has 5 rings (SSSR count). The van der Waals surface area contributed by atoms with Gasteiger partial charge in [-0.15, -0.1) is 11.3 Å². The molecular weight excluding hydrogens is 494 g/mol. The lowest BCUT2D eigenvalue weighted by atomic mass is 10.1. The van der Waals surface area contributed by atoms with Gasteiger partial charge >= 0.3 is 0 Å². The molecule has 36 heavy (non-hydrogen) atoms. The highest BCUT2D eigenvalue weighted by Crippen LogP contribution is 2.24.